The molecule has 0 radical (unpaired) electrons. The van der Waals surface area contributed by atoms with E-state index in [2.05, 4.69) is 30.1 Å². The number of para-hydroxylation sites is 1. The number of aromatic nitrogens is 2. The van der Waals surface area contributed by atoms with Crippen molar-refractivity contribution in [2.75, 3.05) is 19.7 Å². The van der Waals surface area contributed by atoms with Crippen LogP contribution in [-0.4, -0.2) is 40.5 Å². The lowest BCUT2D eigenvalue weighted by atomic mass is 9.96. The number of likely N-dealkylation sites (tertiary alicyclic amines) is 1. The highest BCUT2D eigenvalue weighted by atomic mass is 16.5. The number of piperidine rings is 1. The van der Waals surface area contributed by atoms with Gasteiger partial charge in [-0.3, -0.25) is 4.79 Å². The second kappa shape index (κ2) is 8.68. The average Bonchev–Trinajstić information content (AvgIpc) is 3.15. The van der Waals surface area contributed by atoms with Crippen molar-refractivity contribution in [1.29, 1.82) is 0 Å². The number of aryl methyl sites for hydroxylation is 2. The van der Waals surface area contributed by atoms with Crippen LogP contribution in [0.5, 0.6) is 5.75 Å². The maximum Gasteiger partial charge on any atom is 0.222 e. The summed E-state index contributed by atoms with van der Waals surface area (Å²) in [5, 5.41) is 0. The van der Waals surface area contributed by atoms with E-state index >= 15 is 0 Å². The van der Waals surface area contributed by atoms with Crippen molar-refractivity contribution in [3.8, 4) is 5.75 Å². The van der Waals surface area contributed by atoms with E-state index in [9.17, 15) is 4.79 Å². The first kappa shape index (κ1) is 19.5. The van der Waals surface area contributed by atoms with Gasteiger partial charge < -0.3 is 14.6 Å². The molecule has 2 heterocycles. The number of rotatable bonds is 6. The number of H-pyrrole nitrogens is 1. The Balaban J connectivity index is 1.23. The summed E-state index contributed by atoms with van der Waals surface area (Å²) in [7, 11) is 0. The fourth-order valence-electron chi connectivity index (χ4n) is 4.02. The van der Waals surface area contributed by atoms with E-state index in [4.69, 9.17) is 9.72 Å². The Morgan fingerprint density at radius 1 is 1.17 bits per heavy atom. The number of hydrogen-bond acceptors (Lipinski definition) is 3. The van der Waals surface area contributed by atoms with Gasteiger partial charge in [-0.05, 0) is 62.4 Å². The number of benzene rings is 2. The first-order chi connectivity index (χ1) is 14.1. The summed E-state index contributed by atoms with van der Waals surface area (Å²) in [6, 6.07) is 14.3. The smallest absolute Gasteiger partial charge is 0.222 e. The Morgan fingerprint density at radius 3 is 2.76 bits per heavy atom. The van der Waals surface area contributed by atoms with E-state index in [1.54, 1.807) is 0 Å². The molecule has 0 atom stereocenters. The van der Waals surface area contributed by atoms with Crippen LogP contribution in [-0.2, 0) is 4.79 Å². The van der Waals surface area contributed by atoms with Crippen molar-refractivity contribution in [3.05, 3.63) is 59.4 Å². The molecule has 29 heavy (non-hydrogen) atoms. The predicted molar refractivity (Wildman–Crippen MR) is 115 cm³/mol. The van der Waals surface area contributed by atoms with Crippen LogP contribution in [0.1, 0.15) is 48.6 Å². The van der Waals surface area contributed by atoms with Crippen LogP contribution in [0.25, 0.3) is 11.0 Å². The zero-order valence-electron chi connectivity index (χ0n) is 17.3. The minimum Gasteiger partial charge on any atom is -0.493 e. The Morgan fingerprint density at radius 2 is 1.97 bits per heavy atom. The molecule has 3 aromatic rings. The second-order valence-corrected chi connectivity index (χ2v) is 8.02. The summed E-state index contributed by atoms with van der Waals surface area (Å²) in [4.78, 5) is 22.8. The lowest BCUT2D eigenvalue weighted by Gasteiger charge is -2.31. The molecular weight excluding hydrogens is 362 g/mol. The normalized spacial score (nSPS) is 15.0. The minimum absolute atomic E-state index is 0.233. The molecule has 0 aliphatic carbocycles. The summed E-state index contributed by atoms with van der Waals surface area (Å²) in [6.45, 7) is 6.31. The molecule has 1 N–H and O–H groups in total. The summed E-state index contributed by atoms with van der Waals surface area (Å²) >= 11 is 0. The molecule has 152 valence electrons. The maximum absolute atomic E-state index is 12.5. The molecule has 2 aromatic carbocycles. The van der Waals surface area contributed by atoms with Crippen LogP contribution >= 0.6 is 0 Å². The Kier molecular flexibility index (Phi) is 5.84. The molecule has 5 nitrogen and oxygen atoms in total. The van der Waals surface area contributed by atoms with Crippen molar-refractivity contribution in [2.24, 2.45) is 0 Å². The van der Waals surface area contributed by atoms with Gasteiger partial charge in [0.15, 0.2) is 0 Å². The third-order valence-electron chi connectivity index (χ3n) is 5.78. The van der Waals surface area contributed by atoms with Gasteiger partial charge in [-0.25, -0.2) is 4.98 Å². The molecule has 1 saturated heterocycles. The highest BCUT2D eigenvalue weighted by Crippen LogP contribution is 2.28. The van der Waals surface area contributed by atoms with Gasteiger partial charge in [-0.15, -0.1) is 0 Å². The number of aromatic amines is 1. The maximum atomic E-state index is 12.5. The molecule has 0 unspecified atom stereocenters. The Labute approximate surface area is 172 Å². The van der Waals surface area contributed by atoms with Gasteiger partial charge >= 0.3 is 0 Å². The van der Waals surface area contributed by atoms with Gasteiger partial charge in [-0.1, -0.05) is 24.3 Å². The van der Waals surface area contributed by atoms with Crippen LogP contribution in [0.3, 0.4) is 0 Å². The van der Waals surface area contributed by atoms with E-state index < -0.39 is 0 Å². The first-order valence-electron chi connectivity index (χ1n) is 10.5. The van der Waals surface area contributed by atoms with Crippen molar-refractivity contribution in [1.82, 2.24) is 14.9 Å². The minimum atomic E-state index is 0.233. The van der Waals surface area contributed by atoms with Crippen LogP contribution < -0.4 is 4.74 Å². The fraction of sp³-hybridized carbons (Fsp3) is 0.417. The number of imidazole rings is 1. The number of nitrogens with one attached hydrogen (secondary N) is 1. The van der Waals surface area contributed by atoms with E-state index in [-0.39, 0.29) is 5.91 Å². The fourth-order valence-corrected chi connectivity index (χ4v) is 4.02. The molecule has 1 aromatic heterocycles. The number of nitrogens with zero attached hydrogens (tertiary/aromatic N) is 2. The molecular formula is C24H29N3O2. The standard InChI is InChI=1S/C24H29N3O2/c1-17-9-10-20-21(16-17)26-24(25-20)19-11-13-27(14-12-19)23(28)8-5-15-29-22-7-4-3-6-18(22)2/h3-4,6-7,9-10,16,19H,5,8,11-15H2,1-2H3,(H,25,26). The van der Waals surface area contributed by atoms with Crippen LogP contribution in [0.2, 0.25) is 0 Å². The third-order valence-corrected chi connectivity index (χ3v) is 5.78. The molecule has 0 saturated carbocycles. The average molecular weight is 392 g/mol. The molecule has 4 rings (SSSR count). The quantitative estimate of drug-likeness (QED) is 0.617. The Hall–Kier alpha value is -2.82. The van der Waals surface area contributed by atoms with E-state index in [1.807, 2.05) is 36.1 Å². The molecule has 0 bridgehead atoms. The number of carbonyl (C=O) groups excluding carboxylic acids is 1. The first-order valence-corrected chi connectivity index (χ1v) is 10.5. The zero-order valence-corrected chi connectivity index (χ0v) is 17.3. The summed E-state index contributed by atoms with van der Waals surface area (Å²) < 4.78 is 5.80. The van der Waals surface area contributed by atoms with Gasteiger partial charge in [0.2, 0.25) is 5.91 Å². The molecule has 1 amide bonds. The van der Waals surface area contributed by atoms with Gasteiger partial charge in [0.05, 0.1) is 17.6 Å². The molecule has 5 heteroatoms. The molecule has 1 aliphatic rings. The van der Waals surface area contributed by atoms with Gasteiger partial charge in [-0.2, -0.15) is 0 Å². The predicted octanol–water partition coefficient (Wildman–Crippen LogP) is 4.74. The highest BCUT2D eigenvalue weighted by Gasteiger charge is 2.25. The Bertz CT molecular complexity index is 987. The lowest BCUT2D eigenvalue weighted by Crippen LogP contribution is -2.38. The van der Waals surface area contributed by atoms with Crippen molar-refractivity contribution < 1.29 is 9.53 Å². The zero-order chi connectivity index (χ0) is 20.2. The summed E-state index contributed by atoms with van der Waals surface area (Å²) in [5.74, 6) is 2.60. The monoisotopic (exact) mass is 391 g/mol. The van der Waals surface area contributed by atoms with Crippen LogP contribution in [0, 0.1) is 13.8 Å². The third kappa shape index (κ3) is 4.61. The van der Waals surface area contributed by atoms with Gasteiger partial charge in [0.1, 0.15) is 11.6 Å². The van der Waals surface area contributed by atoms with Gasteiger partial charge in [0.25, 0.3) is 0 Å². The van der Waals surface area contributed by atoms with Crippen LogP contribution in [0.4, 0.5) is 0 Å². The van der Waals surface area contributed by atoms with Crippen molar-refractivity contribution in [2.45, 2.75) is 45.4 Å². The van der Waals surface area contributed by atoms with Crippen LogP contribution in [0.15, 0.2) is 42.5 Å². The van der Waals surface area contributed by atoms with E-state index in [1.165, 1.54) is 5.56 Å². The number of amides is 1. The topological polar surface area (TPSA) is 58.2 Å². The number of hydrogen-bond donors (Lipinski definition) is 1. The van der Waals surface area contributed by atoms with E-state index in [0.717, 1.165) is 60.5 Å². The van der Waals surface area contributed by atoms with E-state index in [0.29, 0.717) is 18.9 Å². The highest BCUT2D eigenvalue weighted by molar-refractivity contribution is 5.77. The summed E-state index contributed by atoms with van der Waals surface area (Å²) in [5.41, 5.74) is 4.49. The molecule has 0 spiro atoms. The molecule has 1 aliphatic heterocycles. The number of ether oxygens (including phenoxy) is 1. The molecule has 1 fully saturated rings. The SMILES string of the molecule is Cc1ccc2nc(C3CCN(C(=O)CCCOc4ccccc4C)CC3)[nH]c2c1. The number of carbonyl (C=O) groups is 1. The number of fused-ring (bicyclic) bond motifs is 1. The largest absolute Gasteiger partial charge is 0.493 e. The van der Waals surface area contributed by atoms with Crippen molar-refractivity contribution in [3.63, 3.8) is 0 Å². The lowest BCUT2D eigenvalue weighted by molar-refractivity contribution is -0.132. The van der Waals surface area contributed by atoms with Crippen molar-refractivity contribution >= 4 is 16.9 Å². The second-order valence-electron chi connectivity index (χ2n) is 8.02. The van der Waals surface area contributed by atoms with Gasteiger partial charge in [0, 0.05) is 25.4 Å². The summed E-state index contributed by atoms with van der Waals surface area (Å²) in [6.07, 6.45) is 3.21.